The molecule has 6 heteroatoms. The van der Waals surface area contributed by atoms with Crippen LogP contribution in [0, 0.1) is 0 Å². The monoisotopic (exact) mass is 192 g/mol. The van der Waals surface area contributed by atoms with Crippen molar-refractivity contribution in [2.24, 2.45) is 0 Å². The van der Waals surface area contributed by atoms with Gasteiger partial charge in [0.2, 0.25) is 0 Å². The Hall–Kier alpha value is 1.16. The Morgan fingerprint density at radius 1 is 1.36 bits per heavy atom. The molecule has 0 aromatic heterocycles. The van der Waals surface area contributed by atoms with Gasteiger partial charge >= 0.3 is 58.4 Å². The topological polar surface area (TPSA) is 17.1 Å². The normalized spacial score (nSPS) is 10.5. The summed E-state index contributed by atoms with van der Waals surface area (Å²) in [6.45, 7) is -3.47. The molecule has 0 saturated heterocycles. The first-order chi connectivity index (χ1) is 4.48. The van der Waals surface area contributed by atoms with Crippen LogP contribution < -0.4 is 51.4 Å². The molecule has 0 spiro atoms. The Kier molecular flexibility index (Phi) is 8.87. The van der Waals surface area contributed by atoms with Crippen LogP contribution in [-0.2, 0) is 4.79 Å². The molecular formula is C5H9BF3KO. The molecule has 0 aromatic rings. The molecule has 0 N–H and O–H groups in total. The van der Waals surface area contributed by atoms with E-state index in [-0.39, 0.29) is 57.8 Å². The van der Waals surface area contributed by atoms with Crippen molar-refractivity contribution >= 4 is 12.7 Å². The van der Waals surface area contributed by atoms with Gasteiger partial charge in [0.05, 0.1) is 5.68 Å². The van der Waals surface area contributed by atoms with Crippen molar-refractivity contribution < 1.29 is 69.1 Å². The van der Waals surface area contributed by atoms with Crippen LogP contribution in [0.5, 0.6) is 0 Å². The molecular weight excluding hydrogens is 183 g/mol. The molecule has 0 aliphatic heterocycles. The van der Waals surface area contributed by atoms with E-state index in [1.807, 2.05) is 0 Å². The summed E-state index contributed by atoms with van der Waals surface area (Å²) in [4.78, 5) is 10.1. The minimum absolute atomic E-state index is 0. The predicted octanol–water partition coefficient (Wildman–Crippen LogP) is -0.864. The van der Waals surface area contributed by atoms with Crippen LogP contribution in [-0.4, -0.2) is 12.7 Å². The van der Waals surface area contributed by atoms with Crippen molar-refractivity contribution in [2.45, 2.75) is 26.2 Å². The molecule has 0 radical (unpaired) electrons. The number of hydrogen-bond donors (Lipinski definition) is 0. The second-order valence-electron chi connectivity index (χ2n) is 2.14. The molecule has 0 saturated carbocycles. The molecule has 0 aliphatic carbocycles. The van der Waals surface area contributed by atoms with Gasteiger partial charge in [0, 0.05) is 0 Å². The van der Waals surface area contributed by atoms with Gasteiger partial charge in [-0.3, -0.25) is 0 Å². The third kappa shape index (κ3) is 7.52. The molecule has 0 bridgehead atoms. The van der Waals surface area contributed by atoms with Crippen molar-refractivity contribution in [2.75, 3.05) is 0 Å². The quantitative estimate of drug-likeness (QED) is 0.529. The van der Waals surface area contributed by atoms with Crippen molar-refractivity contribution in [3.63, 3.8) is 0 Å². The minimum Gasteiger partial charge on any atom is -0.443 e. The molecule has 0 rings (SSSR count). The van der Waals surface area contributed by atoms with Crippen LogP contribution in [0.3, 0.4) is 0 Å². The maximum Gasteiger partial charge on any atom is 1.00 e. The summed E-state index contributed by atoms with van der Waals surface area (Å²) in [5, 5.41) is 0. The Balaban J connectivity index is 0. The molecule has 0 fully saturated rings. The van der Waals surface area contributed by atoms with Crippen molar-refractivity contribution in [1.82, 2.24) is 0 Å². The van der Waals surface area contributed by atoms with Gasteiger partial charge in [-0.05, 0) is 12.8 Å². The third-order valence-electron chi connectivity index (χ3n) is 1.14. The van der Waals surface area contributed by atoms with Gasteiger partial charge in [-0.25, -0.2) is 0 Å². The molecule has 0 aliphatic rings. The van der Waals surface area contributed by atoms with E-state index in [0.29, 0.717) is 12.8 Å². The maximum atomic E-state index is 11.5. The van der Waals surface area contributed by atoms with Crippen molar-refractivity contribution in [3.05, 3.63) is 0 Å². The summed E-state index contributed by atoms with van der Waals surface area (Å²) in [6, 6.07) is 0. The summed E-state index contributed by atoms with van der Waals surface area (Å²) in [5.74, 6) is 0. The first kappa shape index (κ1) is 14.7. The third-order valence-corrected chi connectivity index (χ3v) is 1.14. The van der Waals surface area contributed by atoms with Gasteiger partial charge in [-0.2, -0.15) is 0 Å². The summed E-state index contributed by atoms with van der Waals surface area (Å²) in [7, 11) is 0. The van der Waals surface area contributed by atoms with E-state index in [4.69, 9.17) is 0 Å². The summed E-state index contributed by atoms with van der Waals surface area (Å²) in [6.07, 6.45) is 0.609. The molecule has 11 heavy (non-hydrogen) atoms. The average Bonchev–Trinajstić information content (AvgIpc) is 1.80. The van der Waals surface area contributed by atoms with E-state index < -0.39 is 12.7 Å². The minimum atomic E-state index is -5.22. The van der Waals surface area contributed by atoms with Gasteiger partial charge in [0.25, 0.3) is 0 Å². The van der Waals surface area contributed by atoms with Gasteiger partial charge in [0.15, 0.2) is 0 Å². The number of rotatable bonds is 4. The Morgan fingerprint density at radius 2 is 1.82 bits per heavy atom. The number of carbonyl (C=O) groups excluding carboxylic acids is 1. The van der Waals surface area contributed by atoms with Crippen LogP contribution in [0.25, 0.3) is 0 Å². The summed E-state index contributed by atoms with van der Waals surface area (Å²) >= 11 is 0. The number of carbonyl (C=O) groups is 1. The van der Waals surface area contributed by atoms with Crippen LogP contribution in [0.1, 0.15) is 26.2 Å². The van der Waals surface area contributed by atoms with E-state index in [2.05, 4.69) is 0 Å². The van der Waals surface area contributed by atoms with Crippen LogP contribution >= 0.6 is 0 Å². The van der Waals surface area contributed by atoms with Gasteiger partial charge < -0.3 is 17.7 Å². The van der Waals surface area contributed by atoms with Crippen LogP contribution in [0.4, 0.5) is 12.9 Å². The maximum absolute atomic E-state index is 11.5. The van der Waals surface area contributed by atoms with Crippen LogP contribution in [0.15, 0.2) is 0 Å². The SMILES string of the molecule is CCCCC(=O)[B-](F)(F)F.[K+]. The van der Waals surface area contributed by atoms with Crippen LogP contribution in [0.2, 0.25) is 0 Å². The second kappa shape index (κ2) is 6.65. The fraction of sp³-hybridized carbons (Fsp3) is 0.800. The molecule has 0 heterocycles. The number of unbranched alkanes of at least 4 members (excludes halogenated alkanes) is 1. The van der Waals surface area contributed by atoms with E-state index in [1.54, 1.807) is 6.92 Å². The van der Waals surface area contributed by atoms with Gasteiger partial charge in [-0.15, -0.1) is 0 Å². The standard InChI is InChI=1S/C5H9BF3O.K/c1-2-3-4-5(10)6(7,8)9;/h2-4H2,1H3;/q-1;+1. The zero-order valence-electron chi connectivity index (χ0n) is 6.74. The fourth-order valence-electron chi connectivity index (χ4n) is 0.515. The molecule has 0 unspecified atom stereocenters. The Bertz CT molecular complexity index is 125. The summed E-state index contributed by atoms with van der Waals surface area (Å²) < 4.78 is 34.5. The van der Waals surface area contributed by atoms with E-state index >= 15 is 0 Å². The van der Waals surface area contributed by atoms with Gasteiger partial charge in [0.1, 0.15) is 0 Å². The molecule has 60 valence electrons. The Morgan fingerprint density at radius 3 is 2.09 bits per heavy atom. The largest absolute Gasteiger partial charge is 1.00 e. The fourth-order valence-corrected chi connectivity index (χ4v) is 0.515. The first-order valence-electron chi connectivity index (χ1n) is 3.21. The van der Waals surface area contributed by atoms with E-state index in [1.165, 1.54) is 0 Å². The number of hydrogen-bond acceptors (Lipinski definition) is 1. The smallest absolute Gasteiger partial charge is 0.443 e. The second-order valence-corrected chi connectivity index (χ2v) is 2.14. The molecule has 0 aromatic carbocycles. The zero-order chi connectivity index (χ0) is 8.20. The summed E-state index contributed by atoms with van der Waals surface area (Å²) in [5.41, 5.74) is -1.55. The van der Waals surface area contributed by atoms with Crippen molar-refractivity contribution in [3.8, 4) is 0 Å². The molecule has 0 atom stereocenters. The molecule has 0 amide bonds. The Labute approximate surface area is 107 Å². The number of halogens is 3. The first-order valence-corrected chi connectivity index (χ1v) is 3.21. The predicted molar refractivity (Wildman–Crippen MR) is 33.6 cm³/mol. The van der Waals surface area contributed by atoms with E-state index in [0.717, 1.165) is 0 Å². The molecule has 1 nitrogen and oxygen atoms in total. The zero-order valence-corrected chi connectivity index (χ0v) is 9.86. The van der Waals surface area contributed by atoms with Crippen molar-refractivity contribution in [1.29, 1.82) is 0 Å². The van der Waals surface area contributed by atoms with Gasteiger partial charge in [-0.1, -0.05) is 13.3 Å². The average molecular weight is 192 g/mol. The van der Waals surface area contributed by atoms with E-state index in [9.17, 15) is 17.7 Å².